The van der Waals surface area contributed by atoms with Crippen LogP contribution in [0.1, 0.15) is 18.9 Å². The lowest BCUT2D eigenvalue weighted by Gasteiger charge is -2.14. The van der Waals surface area contributed by atoms with E-state index >= 15 is 0 Å². The van der Waals surface area contributed by atoms with Crippen LogP contribution in [0.3, 0.4) is 0 Å². The number of hydrogen-bond donors (Lipinski definition) is 0. The molecule has 1 rings (SSSR count). The predicted molar refractivity (Wildman–Crippen MR) is 58.0 cm³/mol. The highest BCUT2D eigenvalue weighted by Crippen LogP contribution is 2.28. The predicted octanol–water partition coefficient (Wildman–Crippen LogP) is 2.25. The maximum Gasteiger partial charge on any atom is 0.162 e. The minimum atomic E-state index is -0.202. The molecule has 0 N–H and O–H groups in total. The summed E-state index contributed by atoms with van der Waals surface area (Å²) in [7, 11) is 1.51. The van der Waals surface area contributed by atoms with Gasteiger partial charge in [0.1, 0.15) is 6.10 Å². The van der Waals surface area contributed by atoms with E-state index < -0.39 is 0 Å². The maximum absolute atomic E-state index is 8.73. The van der Waals surface area contributed by atoms with Crippen LogP contribution in [0.15, 0.2) is 18.2 Å². The van der Waals surface area contributed by atoms with E-state index in [4.69, 9.17) is 20.0 Å². The first-order chi connectivity index (χ1) is 7.71. The lowest BCUT2D eigenvalue weighted by molar-refractivity contribution is 0.216. The summed E-state index contributed by atoms with van der Waals surface area (Å²) in [5.41, 5.74) is 0.511. The zero-order valence-electron chi connectivity index (χ0n) is 9.23. The van der Waals surface area contributed by atoms with Crippen LogP contribution < -0.4 is 9.47 Å². The fraction of sp³-hybridized carbons (Fsp3) is 0.333. The van der Waals surface area contributed by atoms with Crippen LogP contribution >= 0.6 is 0 Å². The largest absolute Gasteiger partial charge is 0.493 e. The van der Waals surface area contributed by atoms with E-state index in [9.17, 15) is 0 Å². The summed E-state index contributed by atoms with van der Waals surface area (Å²) in [6, 6.07) is 8.98. The molecule has 82 valence electrons. The number of ether oxygens (including phenoxy) is 2. The SMILES string of the molecule is COc1cc(C#N)ccc1OC(C)CC#N. The van der Waals surface area contributed by atoms with E-state index in [2.05, 4.69) is 0 Å². The molecule has 0 spiro atoms. The van der Waals surface area contributed by atoms with Crippen molar-refractivity contribution in [1.82, 2.24) is 0 Å². The van der Waals surface area contributed by atoms with Crippen molar-refractivity contribution in [3.05, 3.63) is 23.8 Å². The van der Waals surface area contributed by atoms with E-state index in [0.29, 0.717) is 23.5 Å². The first kappa shape index (κ1) is 11.9. The van der Waals surface area contributed by atoms with Gasteiger partial charge in [0.15, 0.2) is 11.5 Å². The molecular weight excluding hydrogens is 204 g/mol. The van der Waals surface area contributed by atoms with Crippen LogP contribution in [0.5, 0.6) is 11.5 Å². The highest BCUT2D eigenvalue weighted by Gasteiger charge is 2.09. The number of rotatable bonds is 4. The first-order valence-electron chi connectivity index (χ1n) is 4.83. The monoisotopic (exact) mass is 216 g/mol. The van der Waals surface area contributed by atoms with E-state index in [-0.39, 0.29) is 6.10 Å². The molecule has 1 aromatic rings. The minimum Gasteiger partial charge on any atom is -0.493 e. The van der Waals surface area contributed by atoms with Gasteiger partial charge in [-0.1, -0.05) is 0 Å². The molecule has 0 saturated heterocycles. The third-order valence-corrected chi connectivity index (χ3v) is 2.00. The van der Waals surface area contributed by atoms with Gasteiger partial charge in [-0.25, -0.2) is 0 Å². The number of nitrogens with zero attached hydrogens (tertiary/aromatic N) is 2. The third kappa shape index (κ3) is 2.90. The molecule has 1 unspecified atom stereocenters. The van der Waals surface area contributed by atoms with Crippen molar-refractivity contribution in [2.24, 2.45) is 0 Å². The summed E-state index contributed by atoms with van der Waals surface area (Å²) in [5.74, 6) is 1.05. The van der Waals surface area contributed by atoms with Gasteiger partial charge in [0.05, 0.1) is 31.2 Å². The summed E-state index contributed by atoms with van der Waals surface area (Å²) in [6.07, 6.45) is 0.107. The smallest absolute Gasteiger partial charge is 0.162 e. The van der Waals surface area contributed by atoms with Crippen molar-refractivity contribution in [3.8, 4) is 23.6 Å². The van der Waals surface area contributed by atoms with Crippen molar-refractivity contribution in [1.29, 1.82) is 10.5 Å². The molecule has 4 heteroatoms. The van der Waals surface area contributed by atoms with E-state index in [1.54, 1.807) is 25.1 Å². The van der Waals surface area contributed by atoms with Gasteiger partial charge in [-0.2, -0.15) is 10.5 Å². The molecule has 4 nitrogen and oxygen atoms in total. The van der Waals surface area contributed by atoms with Gasteiger partial charge in [0.2, 0.25) is 0 Å². The van der Waals surface area contributed by atoms with Crippen molar-refractivity contribution in [2.75, 3.05) is 7.11 Å². The molecule has 0 aliphatic heterocycles. The summed E-state index contributed by atoms with van der Waals surface area (Å²) < 4.78 is 10.6. The average Bonchev–Trinajstić information content (AvgIpc) is 2.30. The van der Waals surface area contributed by atoms with E-state index in [1.165, 1.54) is 7.11 Å². The Hall–Kier alpha value is -2.20. The molecule has 0 bridgehead atoms. The highest BCUT2D eigenvalue weighted by atomic mass is 16.5. The summed E-state index contributed by atoms with van der Waals surface area (Å²) in [6.45, 7) is 1.81. The molecule has 0 amide bonds. The second kappa shape index (κ2) is 5.63. The topological polar surface area (TPSA) is 66.0 Å². The molecule has 0 aliphatic carbocycles. The van der Waals surface area contributed by atoms with Gasteiger partial charge in [0, 0.05) is 6.07 Å². The van der Waals surface area contributed by atoms with Crippen LogP contribution in [-0.2, 0) is 0 Å². The van der Waals surface area contributed by atoms with Gasteiger partial charge < -0.3 is 9.47 Å². The molecule has 0 heterocycles. The molecule has 0 aliphatic rings. The Morgan fingerprint density at radius 3 is 2.62 bits per heavy atom. The van der Waals surface area contributed by atoms with E-state index in [0.717, 1.165) is 0 Å². The van der Waals surface area contributed by atoms with Gasteiger partial charge in [-0.15, -0.1) is 0 Å². The average molecular weight is 216 g/mol. The van der Waals surface area contributed by atoms with Crippen LogP contribution in [0.2, 0.25) is 0 Å². The Bertz CT molecular complexity index is 443. The van der Waals surface area contributed by atoms with Gasteiger partial charge >= 0.3 is 0 Å². The Morgan fingerprint density at radius 1 is 1.31 bits per heavy atom. The number of hydrogen-bond acceptors (Lipinski definition) is 4. The van der Waals surface area contributed by atoms with Gasteiger partial charge in [-0.05, 0) is 19.1 Å². The number of nitriles is 2. The molecule has 0 fully saturated rings. The Kier molecular flexibility index (Phi) is 4.17. The normalized spacial score (nSPS) is 11.0. The molecule has 0 aromatic heterocycles. The van der Waals surface area contributed by atoms with Gasteiger partial charge in [0.25, 0.3) is 0 Å². The fourth-order valence-electron chi connectivity index (χ4n) is 1.22. The first-order valence-corrected chi connectivity index (χ1v) is 4.83. The molecule has 1 aromatic carbocycles. The van der Waals surface area contributed by atoms with Crippen molar-refractivity contribution in [3.63, 3.8) is 0 Å². The second-order valence-electron chi connectivity index (χ2n) is 3.27. The Labute approximate surface area is 94.6 Å². The molecule has 0 saturated carbocycles. The van der Waals surface area contributed by atoms with Crippen molar-refractivity contribution >= 4 is 0 Å². The zero-order chi connectivity index (χ0) is 12.0. The summed E-state index contributed by atoms with van der Waals surface area (Å²) >= 11 is 0. The lowest BCUT2D eigenvalue weighted by Crippen LogP contribution is -2.11. The van der Waals surface area contributed by atoms with Crippen molar-refractivity contribution < 1.29 is 9.47 Å². The highest BCUT2D eigenvalue weighted by molar-refractivity contribution is 5.46. The van der Waals surface area contributed by atoms with Crippen LogP contribution in [0.4, 0.5) is 0 Å². The Morgan fingerprint density at radius 2 is 2.06 bits per heavy atom. The van der Waals surface area contributed by atoms with Gasteiger partial charge in [-0.3, -0.25) is 0 Å². The lowest BCUT2D eigenvalue weighted by atomic mass is 10.2. The van der Waals surface area contributed by atoms with Crippen LogP contribution in [-0.4, -0.2) is 13.2 Å². The Balaban J connectivity index is 2.89. The maximum atomic E-state index is 8.73. The quantitative estimate of drug-likeness (QED) is 0.774. The number of benzene rings is 1. The molecule has 1 atom stereocenters. The zero-order valence-corrected chi connectivity index (χ0v) is 9.23. The number of methoxy groups -OCH3 is 1. The minimum absolute atomic E-state index is 0.202. The molecule has 0 radical (unpaired) electrons. The second-order valence-corrected chi connectivity index (χ2v) is 3.27. The molecular formula is C12H12N2O2. The van der Waals surface area contributed by atoms with Crippen molar-refractivity contribution in [2.45, 2.75) is 19.4 Å². The van der Waals surface area contributed by atoms with Crippen LogP contribution in [0, 0.1) is 22.7 Å². The van der Waals surface area contributed by atoms with E-state index in [1.807, 2.05) is 12.1 Å². The summed E-state index contributed by atoms with van der Waals surface area (Å²) in [4.78, 5) is 0. The standard InChI is InChI=1S/C12H12N2O2/c1-9(5-6-13)16-11-4-3-10(8-14)7-12(11)15-2/h3-4,7,9H,5H2,1-2H3. The molecule has 16 heavy (non-hydrogen) atoms. The third-order valence-electron chi connectivity index (χ3n) is 2.00. The van der Waals surface area contributed by atoms with Crippen LogP contribution in [0.25, 0.3) is 0 Å². The fourth-order valence-corrected chi connectivity index (χ4v) is 1.22. The summed E-state index contributed by atoms with van der Waals surface area (Å²) in [5, 5.41) is 17.2.